The van der Waals surface area contributed by atoms with E-state index >= 15 is 0 Å². The Morgan fingerprint density at radius 1 is 1.00 bits per heavy atom. The highest BCUT2D eigenvalue weighted by Gasteiger charge is 1.99. The van der Waals surface area contributed by atoms with Gasteiger partial charge in [-0.15, -0.1) is 0 Å². The second-order valence-corrected chi connectivity index (χ2v) is 3.61. The molecule has 0 saturated carbocycles. The van der Waals surface area contributed by atoms with Crippen LogP contribution in [0.5, 0.6) is 11.5 Å². The first-order chi connectivity index (χ1) is 8.24. The zero-order valence-corrected chi connectivity index (χ0v) is 9.13. The van der Waals surface area contributed by atoms with E-state index in [1.54, 1.807) is 24.3 Å². The van der Waals surface area contributed by atoms with E-state index in [9.17, 15) is 9.90 Å². The molecular formula is C14H11O3-. The number of ether oxygens (including phenoxy) is 1. The highest BCUT2D eigenvalue weighted by molar-refractivity contribution is 5.68. The predicted molar refractivity (Wildman–Crippen MR) is 61.7 cm³/mol. The van der Waals surface area contributed by atoms with Crippen molar-refractivity contribution < 1.29 is 14.6 Å². The molecule has 0 aliphatic carbocycles. The van der Waals surface area contributed by atoms with E-state index in [-0.39, 0.29) is 6.42 Å². The Hall–Kier alpha value is -2.29. The van der Waals surface area contributed by atoms with Crippen molar-refractivity contribution >= 4 is 5.97 Å². The minimum Gasteiger partial charge on any atom is -0.550 e. The first-order valence-corrected chi connectivity index (χ1v) is 5.26. The zero-order valence-electron chi connectivity index (χ0n) is 9.13. The van der Waals surface area contributed by atoms with E-state index in [1.807, 2.05) is 30.3 Å². The maximum atomic E-state index is 10.5. The number of rotatable bonds is 4. The first-order valence-electron chi connectivity index (χ1n) is 5.26. The van der Waals surface area contributed by atoms with Crippen LogP contribution in [0.4, 0.5) is 0 Å². The Morgan fingerprint density at radius 2 is 1.71 bits per heavy atom. The van der Waals surface area contributed by atoms with Gasteiger partial charge in [0.1, 0.15) is 11.5 Å². The van der Waals surface area contributed by atoms with Crippen molar-refractivity contribution in [2.24, 2.45) is 0 Å². The number of carboxylic acids is 1. The summed E-state index contributed by atoms with van der Waals surface area (Å²) in [7, 11) is 0. The fourth-order valence-electron chi connectivity index (χ4n) is 1.51. The Labute approximate surface area is 99.3 Å². The van der Waals surface area contributed by atoms with Crippen LogP contribution in [0.25, 0.3) is 0 Å². The molecule has 0 atom stereocenters. The summed E-state index contributed by atoms with van der Waals surface area (Å²) in [5.74, 6) is 0.245. The van der Waals surface area contributed by atoms with Crippen LogP contribution in [-0.2, 0) is 11.2 Å². The standard InChI is InChI=1S/C14H12O3/c15-14(16)10-11-5-4-8-13(9-11)17-12-6-2-1-3-7-12/h1-9H,10H2,(H,15,16)/p-1. The Bertz CT molecular complexity index is 506. The summed E-state index contributed by atoms with van der Waals surface area (Å²) in [5.41, 5.74) is 0.665. The van der Waals surface area contributed by atoms with E-state index in [2.05, 4.69) is 0 Å². The van der Waals surface area contributed by atoms with Crippen LogP contribution >= 0.6 is 0 Å². The molecule has 0 N–H and O–H groups in total. The van der Waals surface area contributed by atoms with E-state index < -0.39 is 5.97 Å². The van der Waals surface area contributed by atoms with Crippen molar-refractivity contribution in [1.82, 2.24) is 0 Å². The Morgan fingerprint density at radius 3 is 2.41 bits per heavy atom. The molecule has 0 heterocycles. The predicted octanol–water partition coefficient (Wildman–Crippen LogP) is 1.77. The van der Waals surface area contributed by atoms with Crippen LogP contribution in [0.1, 0.15) is 5.56 Å². The molecule has 0 spiro atoms. The summed E-state index contributed by atoms with van der Waals surface area (Å²) < 4.78 is 5.59. The number of hydrogen-bond donors (Lipinski definition) is 0. The summed E-state index contributed by atoms with van der Waals surface area (Å²) in [5, 5.41) is 10.5. The fourth-order valence-corrected chi connectivity index (χ4v) is 1.51. The summed E-state index contributed by atoms with van der Waals surface area (Å²) in [4.78, 5) is 10.5. The summed E-state index contributed by atoms with van der Waals surface area (Å²) in [6.07, 6.45) is -0.105. The summed E-state index contributed by atoms with van der Waals surface area (Å²) in [6, 6.07) is 16.3. The van der Waals surface area contributed by atoms with Gasteiger partial charge >= 0.3 is 0 Å². The van der Waals surface area contributed by atoms with Crippen LogP contribution < -0.4 is 9.84 Å². The molecule has 0 radical (unpaired) electrons. The lowest BCUT2D eigenvalue weighted by atomic mass is 10.1. The minimum atomic E-state index is -1.10. The number of hydrogen-bond acceptors (Lipinski definition) is 3. The molecule has 0 bridgehead atoms. The van der Waals surface area contributed by atoms with Crippen LogP contribution in [-0.4, -0.2) is 5.97 Å². The van der Waals surface area contributed by atoms with Gasteiger partial charge in [-0.25, -0.2) is 0 Å². The van der Waals surface area contributed by atoms with E-state index in [1.165, 1.54) is 0 Å². The monoisotopic (exact) mass is 227 g/mol. The zero-order chi connectivity index (χ0) is 12.1. The molecular weight excluding hydrogens is 216 g/mol. The van der Waals surface area contributed by atoms with E-state index in [0.717, 1.165) is 5.75 Å². The molecule has 2 rings (SSSR count). The molecule has 0 saturated heterocycles. The van der Waals surface area contributed by atoms with Crippen molar-refractivity contribution in [2.45, 2.75) is 6.42 Å². The number of para-hydroxylation sites is 1. The molecule has 0 aliphatic heterocycles. The van der Waals surface area contributed by atoms with Crippen molar-refractivity contribution in [3.8, 4) is 11.5 Å². The number of benzene rings is 2. The van der Waals surface area contributed by atoms with Gasteiger partial charge in [-0.3, -0.25) is 0 Å². The second-order valence-electron chi connectivity index (χ2n) is 3.61. The Kier molecular flexibility index (Phi) is 3.40. The number of carbonyl (C=O) groups excluding carboxylic acids is 1. The van der Waals surface area contributed by atoms with Gasteiger partial charge in [0.05, 0.1) is 0 Å². The topological polar surface area (TPSA) is 49.4 Å². The maximum absolute atomic E-state index is 10.5. The van der Waals surface area contributed by atoms with Crippen LogP contribution in [0.15, 0.2) is 54.6 Å². The lowest BCUT2D eigenvalue weighted by Crippen LogP contribution is -2.24. The van der Waals surface area contributed by atoms with Crippen molar-refractivity contribution in [3.05, 3.63) is 60.2 Å². The number of carbonyl (C=O) groups is 1. The minimum absolute atomic E-state index is 0.105. The molecule has 0 fully saturated rings. The molecule has 2 aromatic rings. The SMILES string of the molecule is O=C([O-])Cc1cccc(Oc2ccccc2)c1. The van der Waals surface area contributed by atoms with Gasteiger partial charge in [-0.2, -0.15) is 0 Å². The molecule has 0 aliphatic rings. The fraction of sp³-hybridized carbons (Fsp3) is 0.0714. The number of carboxylic acid groups (broad SMARTS) is 1. The average molecular weight is 227 g/mol. The normalized spacial score (nSPS) is 9.88. The molecule has 2 aromatic carbocycles. The first kappa shape index (κ1) is 11.2. The molecule has 0 unspecified atom stereocenters. The second kappa shape index (κ2) is 5.16. The van der Waals surface area contributed by atoms with Crippen LogP contribution in [0.3, 0.4) is 0 Å². The molecule has 86 valence electrons. The maximum Gasteiger partial charge on any atom is 0.127 e. The van der Waals surface area contributed by atoms with Gasteiger partial charge in [-0.1, -0.05) is 30.3 Å². The lowest BCUT2D eigenvalue weighted by molar-refractivity contribution is -0.304. The third kappa shape index (κ3) is 3.34. The molecule has 17 heavy (non-hydrogen) atoms. The highest BCUT2D eigenvalue weighted by Crippen LogP contribution is 2.21. The van der Waals surface area contributed by atoms with Gasteiger partial charge < -0.3 is 14.6 Å². The smallest absolute Gasteiger partial charge is 0.127 e. The Balaban J connectivity index is 2.14. The van der Waals surface area contributed by atoms with Gasteiger partial charge in [0.25, 0.3) is 0 Å². The molecule has 3 heteroatoms. The molecule has 0 amide bonds. The van der Waals surface area contributed by atoms with Gasteiger partial charge in [0, 0.05) is 12.4 Å². The van der Waals surface area contributed by atoms with E-state index in [0.29, 0.717) is 11.3 Å². The van der Waals surface area contributed by atoms with Gasteiger partial charge in [0.2, 0.25) is 0 Å². The quantitative estimate of drug-likeness (QED) is 0.799. The lowest BCUT2D eigenvalue weighted by Gasteiger charge is -2.07. The average Bonchev–Trinajstić information content (AvgIpc) is 2.30. The molecule has 3 nitrogen and oxygen atoms in total. The van der Waals surface area contributed by atoms with Crippen molar-refractivity contribution in [1.29, 1.82) is 0 Å². The third-order valence-corrected chi connectivity index (χ3v) is 2.23. The summed E-state index contributed by atoms with van der Waals surface area (Å²) in [6.45, 7) is 0. The van der Waals surface area contributed by atoms with Gasteiger partial charge in [0.15, 0.2) is 0 Å². The van der Waals surface area contributed by atoms with Crippen LogP contribution in [0, 0.1) is 0 Å². The van der Waals surface area contributed by atoms with Crippen molar-refractivity contribution in [2.75, 3.05) is 0 Å². The van der Waals surface area contributed by atoms with Crippen molar-refractivity contribution in [3.63, 3.8) is 0 Å². The number of aliphatic carboxylic acids is 1. The van der Waals surface area contributed by atoms with E-state index in [4.69, 9.17) is 4.74 Å². The van der Waals surface area contributed by atoms with Gasteiger partial charge in [-0.05, 0) is 29.8 Å². The summed E-state index contributed by atoms with van der Waals surface area (Å²) >= 11 is 0. The highest BCUT2D eigenvalue weighted by atomic mass is 16.5. The van der Waals surface area contributed by atoms with Crippen LogP contribution in [0.2, 0.25) is 0 Å². The third-order valence-electron chi connectivity index (χ3n) is 2.23. The largest absolute Gasteiger partial charge is 0.550 e. The molecule has 0 aromatic heterocycles.